The van der Waals surface area contributed by atoms with Gasteiger partial charge in [0.25, 0.3) is 0 Å². The fraction of sp³-hybridized carbons (Fsp3) is 1.00. The SMILES string of the molecule is CN(CCOCC1CC1)C1(CN)CCSC1. The predicted octanol–water partition coefficient (Wildman–Crippen LogP) is 1.18. The lowest BCUT2D eigenvalue weighted by Gasteiger charge is -2.37. The third kappa shape index (κ3) is 3.13. The Balaban J connectivity index is 1.66. The lowest BCUT2D eigenvalue weighted by Crippen LogP contribution is -2.53. The molecule has 2 rings (SSSR count). The van der Waals surface area contributed by atoms with Gasteiger partial charge < -0.3 is 10.5 Å². The van der Waals surface area contributed by atoms with Gasteiger partial charge in [-0.25, -0.2) is 0 Å². The molecule has 2 fully saturated rings. The highest BCUT2D eigenvalue weighted by atomic mass is 32.2. The molecule has 1 unspecified atom stereocenters. The molecule has 1 saturated carbocycles. The molecular formula is C12H24N2OS. The summed E-state index contributed by atoms with van der Waals surface area (Å²) < 4.78 is 5.69. The van der Waals surface area contributed by atoms with Gasteiger partial charge in [0.2, 0.25) is 0 Å². The molecule has 4 heteroatoms. The van der Waals surface area contributed by atoms with Crippen molar-refractivity contribution < 1.29 is 4.74 Å². The normalized spacial score (nSPS) is 30.2. The molecule has 0 bridgehead atoms. The first-order valence-electron chi connectivity index (χ1n) is 6.34. The third-order valence-electron chi connectivity index (χ3n) is 3.89. The van der Waals surface area contributed by atoms with Gasteiger partial charge in [0, 0.05) is 31.0 Å². The first kappa shape index (κ1) is 12.7. The number of nitrogens with zero attached hydrogens (tertiary/aromatic N) is 1. The molecule has 0 spiro atoms. The topological polar surface area (TPSA) is 38.5 Å². The number of hydrogen-bond donors (Lipinski definition) is 1. The lowest BCUT2D eigenvalue weighted by atomic mass is 9.97. The molecular weight excluding hydrogens is 220 g/mol. The van der Waals surface area contributed by atoms with Crippen LogP contribution in [0, 0.1) is 5.92 Å². The number of rotatable bonds is 7. The van der Waals surface area contributed by atoms with Crippen LogP contribution in [0.5, 0.6) is 0 Å². The second kappa shape index (κ2) is 5.71. The van der Waals surface area contributed by atoms with Crippen molar-refractivity contribution in [2.45, 2.75) is 24.8 Å². The maximum absolute atomic E-state index is 5.94. The molecule has 1 aliphatic carbocycles. The van der Waals surface area contributed by atoms with Crippen molar-refractivity contribution in [1.29, 1.82) is 0 Å². The number of ether oxygens (including phenoxy) is 1. The van der Waals surface area contributed by atoms with Gasteiger partial charge in [-0.2, -0.15) is 11.8 Å². The highest BCUT2D eigenvalue weighted by Crippen LogP contribution is 2.32. The molecule has 0 aromatic heterocycles. The molecule has 1 heterocycles. The Bertz CT molecular complexity index is 215. The van der Waals surface area contributed by atoms with Gasteiger partial charge in [-0.1, -0.05) is 0 Å². The van der Waals surface area contributed by atoms with Crippen molar-refractivity contribution in [3.8, 4) is 0 Å². The smallest absolute Gasteiger partial charge is 0.0593 e. The van der Waals surface area contributed by atoms with Gasteiger partial charge in [-0.15, -0.1) is 0 Å². The first-order valence-corrected chi connectivity index (χ1v) is 7.49. The molecule has 94 valence electrons. The largest absolute Gasteiger partial charge is 0.380 e. The molecule has 1 saturated heterocycles. The third-order valence-corrected chi connectivity index (χ3v) is 5.13. The molecule has 2 aliphatic rings. The highest BCUT2D eigenvalue weighted by Gasteiger charge is 2.36. The van der Waals surface area contributed by atoms with E-state index in [1.54, 1.807) is 0 Å². The molecule has 2 N–H and O–H groups in total. The molecule has 0 radical (unpaired) electrons. The standard InChI is InChI=1S/C12H24N2OS/c1-14(5-6-15-8-11-2-3-11)12(9-13)4-7-16-10-12/h11H,2-10,13H2,1H3. The van der Waals surface area contributed by atoms with Crippen LogP contribution in [0.3, 0.4) is 0 Å². The fourth-order valence-corrected chi connectivity index (χ4v) is 3.72. The Labute approximate surface area is 103 Å². The van der Waals surface area contributed by atoms with Crippen molar-refractivity contribution in [2.75, 3.05) is 44.9 Å². The second-order valence-corrected chi connectivity index (χ2v) is 6.28. The summed E-state index contributed by atoms with van der Waals surface area (Å²) in [6.45, 7) is 3.63. The minimum absolute atomic E-state index is 0.244. The van der Waals surface area contributed by atoms with Crippen molar-refractivity contribution in [3.63, 3.8) is 0 Å². The summed E-state index contributed by atoms with van der Waals surface area (Å²) in [7, 11) is 2.19. The zero-order valence-corrected chi connectivity index (χ0v) is 11.1. The van der Waals surface area contributed by atoms with Gasteiger partial charge in [-0.3, -0.25) is 4.90 Å². The minimum atomic E-state index is 0.244. The van der Waals surface area contributed by atoms with Gasteiger partial charge in [0.1, 0.15) is 0 Å². The quantitative estimate of drug-likeness (QED) is 0.683. The molecule has 1 atom stereocenters. The van der Waals surface area contributed by atoms with Crippen LogP contribution in [0.1, 0.15) is 19.3 Å². The van der Waals surface area contributed by atoms with Crippen molar-refractivity contribution >= 4 is 11.8 Å². The van der Waals surface area contributed by atoms with E-state index in [-0.39, 0.29) is 5.54 Å². The summed E-state index contributed by atoms with van der Waals surface area (Å²) >= 11 is 2.03. The van der Waals surface area contributed by atoms with E-state index in [1.807, 2.05) is 11.8 Å². The van der Waals surface area contributed by atoms with Gasteiger partial charge in [-0.05, 0) is 38.0 Å². The van der Waals surface area contributed by atoms with E-state index in [2.05, 4.69) is 11.9 Å². The van der Waals surface area contributed by atoms with Crippen LogP contribution in [-0.4, -0.2) is 55.3 Å². The summed E-state index contributed by atoms with van der Waals surface area (Å²) in [6.07, 6.45) is 3.98. The summed E-state index contributed by atoms with van der Waals surface area (Å²) in [5.74, 6) is 3.31. The Hall–Kier alpha value is 0.230. The molecule has 16 heavy (non-hydrogen) atoms. The highest BCUT2D eigenvalue weighted by molar-refractivity contribution is 7.99. The molecule has 1 aliphatic heterocycles. The van der Waals surface area contributed by atoms with E-state index in [0.717, 1.165) is 32.2 Å². The van der Waals surface area contributed by atoms with Crippen LogP contribution in [-0.2, 0) is 4.74 Å². The van der Waals surface area contributed by atoms with Crippen molar-refractivity contribution in [1.82, 2.24) is 4.90 Å². The summed E-state index contributed by atoms with van der Waals surface area (Å²) in [4.78, 5) is 2.42. The van der Waals surface area contributed by atoms with E-state index in [9.17, 15) is 0 Å². The molecule has 0 aromatic rings. The van der Waals surface area contributed by atoms with Gasteiger partial charge >= 0.3 is 0 Å². The summed E-state index contributed by atoms with van der Waals surface area (Å²) in [5, 5.41) is 0. The maximum atomic E-state index is 5.94. The Morgan fingerprint density at radius 2 is 2.31 bits per heavy atom. The van der Waals surface area contributed by atoms with Crippen LogP contribution in [0.2, 0.25) is 0 Å². The number of likely N-dealkylation sites (N-methyl/N-ethyl adjacent to an activating group) is 1. The second-order valence-electron chi connectivity index (χ2n) is 5.17. The van der Waals surface area contributed by atoms with Crippen LogP contribution in [0.4, 0.5) is 0 Å². The first-order chi connectivity index (χ1) is 7.77. The van der Waals surface area contributed by atoms with Crippen LogP contribution >= 0.6 is 11.8 Å². The summed E-state index contributed by atoms with van der Waals surface area (Å²) in [6, 6.07) is 0. The maximum Gasteiger partial charge on any atom is 0.0593 e. The van der Waals surface area contributed by atoms with E-state index in [0.29, 0.717) is 0 Å². The van der Waals surface area contributed by atoms with E-state index in [4.69, 9.17) is 10.5 Å². The van der Waals surface area contributed by atoms with Crippen molar-refractivity contribution in [3.05, 3.63) is 0 Å². The van der Waals surface area contributed by atoms with Crippen LogP contribution in [0.25, 0.3) is 0 Å². The Morgan fingerprint density at radius 3 is 2.88 bits per heavy atom. The molecule has 3 nitrogen and oxygen atoms in total. The number of hydrogen-bond acceptors (Lipinski definition) is 4. The van der Waals surface area contributed by atoms with Crippen molar-refractivity contribution in [2.24, 2.45) is 11.7 Å². The number of nitrogens with two attached hydrogens (primary N) is 1. The average molecular weight is 244 g/mol. The van der Waals surface area contributed by atoms with E-state index in [1.165, 1.54) is 30.8 Å². The summed E-state index contributed by atoms with van der Waals surface area (Å²) in [5.41, 5.74) is 6.18. The molecule has 0 amide bonds. The lowest BCUT2D eigenvalue weighted by molar-refractivity contribution is 0.0686. The van der Waals surface area contributed by atoms with Crippen LogP contribution < -0.4 is 5.73 Å². The number of thioether (sulfide) groups is 1. The average Bonchev–Trinajstić information content (AvgIpc) is 2.99. The monoisotopic (exact) mass is 244 g/mol. The van der Waals surface area contributed by atoms with E-state index >= 15 is 0 Å². The Morgan fingerprint density at radius 1 is 1.50 bits per heavy atom. The fourth-order valence-electron chi connectivity index (χ4n) is 2.19. The van der Waals surface area contributed by atoms with E-state index < -0.39 is 0 Å². The Kier molecular flexibility index (Phi) is 4.53. The zero-order chi connectivity index (χ0) is 11.4. The minimum Gasteiger partial charge on any atom is -0.380 e. The van der Waals surface area contributed by atoms with Crippen LogP contribution in [0.15, 0.2) is 0 Å². The predicted molar refractivity (Wildman–Crippen MR) is 69.9 cm³/mol. The van der Waals surface area contributed by atoms with Gasteiger partial charge in [0.05, 0.1) is 6.61 Å². The molecule has 0 aromatic carbocycles. The zero-order valence-electron chi connectivity index (χ0n) is 10.3. The van der Waals surface area contributed by atoms with Gasteiger partial charge in [0.15, 0.2) is 0 Å².